The first kappa shape index (κ1) is 26.2. The molecule has 0 aromatic heterocycles. The van der Waals surface area contributed by atoms with Crippen molar-refractivity contribution in [3.63, 3.8) is 0 Å². The third-order valence-electron chi connectivity index (χ3n) is 7.58. The van der Waals surface area contributed by atoms with Gasteiger partial charge in [-0.3, -0.25) is 9.59 Å². The summed E-state index contributed by atoms with van der Waals surface area (Å²) in [6.45, 7) is 1.55. The van der Waals surface area contributed by atoms with Gasteiger partial charge in [-0.25, -0.2) is 19.2 Å². The standard InChI is InChI=1S/C24H24F4N4O6/c25-15-16(26)20(30-4-10-32(38)7-2-8-32)12-11(19(15)29-3-9-31(37)5-1-6-31)21(33)13-14(22(12)34)24(36)18(28)17(27)23(13)35/h37-38H,1-10H2,(H2-2,29,30,33,34,35,36)/p+2. The van der Waals surface area contributed by atoms with Gasteiger partial charge in [-0.1, -0.05) is 0 Å². The number of anilines is 2. The van der Waals surface area contributed by atoms with Crippen LogP contribution in [0.2, 0.25) is 0 Å². The number of aromatic hydroxyl groups is 2. The lowest BCUT2D eigenvalue weighted by Crippen LogP contribution is -2.57. The van der Waals surface area contributed by atoms with Gasteiger partial charge in [-0.15, -0.1) is 0 Å². The average molecular weight is 542 g/mol. The van der Waals surface area contributed by atoms with Gasteiger partial charge in [0, 0.05) is 0 Å². The van der Waals surface area contributed by atoms with Crippen molar-refractivity contribution < 1.29 is 57.1 Å². The van der Waals surface area contributed by atoms with Crippen LogP contribution in [-0.2, 0) is 0 Å². The summed E-state index contributed by atoms with van der Waals surface area (Å²) < 4.78 is 58.5. The van der Waals surface area contributed by atoms with Gasteiger partial charge in [0.05, 0.1) is 59.6 Å². The summed E-state index contributed by atoms with van der Waals surface area (Å²) >= 11 is 0. The van der Waals surface area contributed by atoms with E-state index in [0.717, 1.165) is 12.8 Å². The van der Waals surface area contributed by atoms with Crippen molar-refractivity contribution in [2.45, 2.75) is 12.8 Å². The van der Waals surface area contributed by atoms with E-state index in [1.807, 2.05) is 0 Å². The first-order valence-corrected chi connectivity index (χ1v) is 12.1. The molecule has 14 heteroatoms. The molecule has 2 aromatic rings. The number of hydrogen-bond acceptors (Lipinski definition) is 8. The van der Waals surface area contributed by atoms with Crippen LogP contribution in [0.5, 0.6) is 11.5 Å². The number of nitrogens with one attached hydrogen (secondary N) is 2. The maximum absolute atomic E-state index is 15.4. The number of rotatable bonds is 8. The van der Waals surface area contributed by atoms with Gasteiger partial charge in [0.15, 0.2) is 23.1 Å². The number of benzene rings is 2. The normalized spacial score (nSPS) is 18.8. The highest BCUT2D eigenvalue weighted by atomic mass is 19.2. The van der Waals surface area contributed by atoms with Gasteiger partial charge in [0.1, 0.15) is 39.3 Å². The van der Waals surface area contributed by atoms with E-state index in [0.29, 0.717) is 26.2 Å². The summed E-state index contributed by atoms with van der Waals surface area (Å²) in [5.74, 6) is -12.9. The highest BCUT2D eigenvalue weighted by Gasteiger charge is 2.44. The lowest BCUT2D eigenvalue weighted by molar-refractivity contribution is -1.13. The predicted molar refractivity (Wildman–Crippen MR) is 122 cm³/mol. The van der Waals surface area contributed by atoms with Crippen molar-refractivity contribution in [1.82, 2.24) is 0 Å². The molecule has 38 heavy (non-hydrogen) atoms. The van der Waals surface area contributed by atoms with Crippen molar-refractivity contribution in [2.75, 3.05) is 63.0 Å². The van der Waals surface area contributed by atoms with E-state index in [9.17, 15) is 39.0 Å². The molecule has 2 aliphatic heterocycles. The van der Waals surface area contributed by atoms with E-state index in [2.05, 4.69) is 10.6 Å². The minimum atomic E-state index is -1.99. The Morgan fingerprint density at radius 1 is 0.605 bits per heavy atom. The number of fused-ring (bicyclic) bond motifs is 2. The summed E-state index contributed by atoms with van der Waals surface area (Å²) in [6.07, 6.45) is 1.52. The Bertz CT molecular complexity index is 1280. The second-order valence-electron chi connectivity index (χ2n) is 9.95. The fraction of sp³-hybridized carbons (Fsp3) is 0.417. The van der Waals surface area contributed by atoms with Crippen molar-refractivity contribution in [3.8, 4) is 11.5 Å². The second-order valence-corrected chi connectivity index (χ2v) is 9.95. The van der Waals surface area contributed by atoms with Crippen molar-refractivity contribution in [2.24, 2.45) is 0 Å². The second kappa shape index (κ2) is 9.08. The molecule has 0 atom stereocenters. The van der Waals surface area contributed by atoms with Crippen LogP contribution >= 0.6 is 0 Å². The first-order valence-electron chi connectivity index (χ1n) is 12.1. The van der Waals surface area contributed by atoms with Crippen LogP contribution in [0.4, 0.5) is 28.9 Å². The lowest BCUT2D eigenvalue weighted by Gasteiger charge is -2.37. The van der Waals surface area contributed by atoms with Crippen molar-refractivity contribution >= 4 is 22.9 Å². The summed E-state index contributed by atoms with van der Waals surface area (Å²) in [4.78, 5) is 27.0. The van der Waals surface area contributed by atoms with E-state index in [4.69, 9.17) is 0 Å². The Labute approximate surface area is 213 Å². The molecule has 3 aliphatic rings. The van der Waals surface area contributed by atoms with Crippen LogP contribution in [0.3, 0.4) is 0 Å². The molecule has 5 rings (SSSR count). The van der Waals surface area contributed by atoms with Crippen LogP contribution in [0, 0.1) is 23.3 Å². The van der Waals surface area contributed by atoms with Crippen LogP contribution < -0.4 is 10.6 Å². The topological polar surface area (TPSA) is 139 Å². The van der Waals surface area contributed by atoms with E-state index in [1.54, 1.807) is 0 Å². The number of nitrogens with zero attached hydrogens (tertiary/aromatic N) is 2. The molecule has 0 spiro atoms. The molecule has 0 radical (unpaired) electrons. The summed E-state index contributed by atoms with van der Waals surface area (Å²) in [7, 11) is 0. The largest absolute Gasteiger partial charge is 0.504 e. The Morgan fingerprint density at radius 2 is 0.947 bits per heavy atom. The van der Waals surface area contributed by atoms with Gasteiger partial charge in [0.2, 0.25) is 23.2 Å². The molecule has 1 aliphatic carbocycles. The number of hydroxylamine groups is 6. The van der Waals surface area contributed by atoms with Gasteiger partial charge in [-0.05, 0) is 0 Å². The maximum atomic E-state index is 15.4. The third-order valence-corrected chi connectivity index (χ3v) is 7.58. The summed E-state index contributed by atoms with van der Waals surface area (Å²) in [6, 6.07) is 0. The van der Waals surface area contributed by atoms with E-state index < -0.39 is 80.0 Å². The number of quaternary nitrogens is 2. The monoisotopic (exact) mass is 542 g/mol. The smallest absolute Gasteiger partial charge is 0.205 e. The first-order chi connectivity index (χ1) is 17.9. The Morgan fingerprint density at radius 3 is 1.24 bits per heavy atom. The zero-order chi connectivity index (χ0) is 27.6. The number of phenols is 2. The molecule has 2 fully saturated rings. The molecule has 2 saturated heterocycles. The molecule has 0 amide bonds. The highest BCUT2D eigenvalue weighted by Crippen LogP contribution is 2.46. The number of likely N-dealkylation sites (tertiary alicyclic amines) is 2. The van der Waals surface area contributed by atoms with Gasteiger partial charge in [-0.2, -0.15) is 18.1 Å². The minimum Gasteiger partial charge on any atom is -0.504 e. The lowest BCUT2D eigenvalue weighted by atomic mass is 9.80. The third kappa shape index (κ3) is 3.95. The summed E-state index contributed by atoms with van der Waals surface area (Å²) in [5, 5.41) is 45.9. The molecule has 10 nitrogen and oxygen atoms in total. The fourth-order valence-electron chi connectivity index (χ4n) is 5.10. The number of carbonyl (C=O) groups is 2. The van der Waals surface area contributed by atoms with Crippen LogP contribution in [-0.4, -0.2) is 93.8 Å². The quantitative estimate of drug-likeness (QED) is 0.145. The van der Waals surface area contributed by atoms with E-state index in [1.165, 1.54) is 0 Å². The number of carbonyl (C=O) groups excluding carboxylic acids is 2. The molecular formula is C24H26F4N4O6+2. The zero-order valence-corrected chi connectivity index (χ0v) is 20.1. The summed E-state index contributed by atoms with van der Waals surface area (Å²) in [5.41, 5.74) is -5.22. The van der Waals surface area contributed by atoms with E-state index >= 15 is 8.78 Å². The fourth-order valence-corrected chi connectivity index (χ4v) is 5.10. The number of hydrogen-bond donors (Lipinski definition) is 6. The number of ketones is 2. The highest BCUT2D eigenvalue weighted by molar-refractivity contribution is 6.33. The molecule has 2 heterocycles. The van der Waals surface area contributed by atoms with Gasteiger partial charge in [0.25, 0.3) is 0 Å². The number of phenolic OH excluding ortho intramolecular Hbond substituents is 2. The molecule has 204 valence electrons. The van der Waals surface area contributed by atoms with Gasteiger partial charge >= 0.3 is 0 Å². The molecule has 2 aromatic carbocycles. The number of halogens is 4. The predicted octanol–water partition coefficient (Wildman–Crippen LogP) is 2.47. The molecule has 0 bridgehead atoms. The Hall–Kier alpha value is -3.46. The zero-order valence-electron chi connectivity index (χ0n) is 20.1. The molecular weight excluding hydrogens is 516 g/mol. The molecule has 6 N–H and O–H groups in total. The van der Waals surface area contributed by atoms with Crippen LogP contribution in [0.25, 0.3) is 0 Å². The van der Waals surface area contributed by atoms with Crippen molar-refractivity contribution in [1.29, 1.82) is 0 Å². The SMILES string of the molecule is O=C1c2c(O)c(F)c(F)c(O)c2C(=O)c2c(NCC[N+]3(O)CCC3)c(F)c(F)c(NCC[N+]3(O)CCC3)c21. The average Bonchev–Trinajstić information content (AvgIpc) is 2.84. The Kier molecular flexibility index (Phi) is 6.25. The maximum Gasteiger partial charge on any atom is 0.205 e. The van der Waals surface area contributed by atoms with Gasteiger partial charge < -0.3 is 20.8 Å². The van der Waals surface area contributed by atoms with Crippen LogP contribution in [0.1, 0.15) is 44.7 Å². The van der Waals surface area contributed by atoms with E-state index in [-0.39, 0.29) is 35.5 Å². The Balaban J connectivity index is 1.62. The molecule has 0 unspecified atom stereocenters. The minimum absolute atomic E-state index is 0.0525. The van der Waals surface area contributed by atoms with Crippen LogP contribution in [0.15, 0.2) is 0 Å². The van der Waals surface area contributed by atoms with Crippen molar-refractivity contribution in [3.05, 3.63) is 45.5 Å². The molecule has 0 saturated carbocycles.